The summed E-state index contributed by atoms with van der Waals surface area (Å²) in [6.45, 7) is 2.92. The van der Waals surface area contributed by atoms with Gasteiger partial charge in [-0.1, -0.05) is 13.3 Å². The van der Waals surface area contributed by atoms with Crippen LogP contribution in [0.15, 0.2) is 16.3 Å². The van der Waals surface area contributed by atoms with Crippen LogP contribution in [-0.4, -0.2) is 21.5 Å². The second kappa shape index (κ2) is 7.02. The lowest BCUT2D eigenvalue weighted by Gasteiger charge is -2.28. The average molecular weight is 316 g/mol. The minimum atomic E-state index is -3.35. The van der Waals surface area contributed by atoms with Gasteiger partial charge in [0.05, 0.1) is 4.90 Å². The highest BCUT2D eigenvalue weighted by atomic mass is 32.2. The van der Waals surface area contributed by atoms with Crippen molar-refractivity contribution in [1.82, 2.24) is 10.0 Å². The third-order valence-corrected chi connectivity index (χ3v) is 6.62. The van der Waals surface area contributed by atoms with E-state index in [0.717, 1.165) is 36.5 Å². The maximum atomic E-state index is 12.3. The van der Waals surface area contributed by atoms with Gasteiger partial charge in [0.2, 0.25) is 10.0 Å². The van der Waals surface area contributed by atoms with Crippen molar-refractivity contribution >= 4 is 21.4 Å². The van der Waals surface area contributed by atoms with Crippen LogP contribution < -0.4 is 10.0 Å². The van der Waals surface area contributed by atoms with Crippen LogP contribution in [0, 0.1) is 5.92 Å². The predicted octanol–water partition coefficient (Wildman–Crippen LogP) is 2.71. The molecule has 4 nitrogen and oxygen atoms in total. The van der Waals surface area contributed by atoms with E-state index in [0.29, 0.717) is 11.4 Å². The normalized spacial score (nSPS) is 23.9. The van der Waals surface area contributed by atoms with Crippen LogP contribution in [-0.2, 0) is 16.6 Å². The molecule has 0 saturated heterocycles. The van der Waals surface area contributed by atoms with E-state index in [2.05, 4.69) is 17.0 Å². The van der Waals surface area contributed by atoms with Gasteiger partial charge in [-0.3, -0.25) is 0 Å². The first-order chi connectivity index (χ1) is 9.55. The van der Waals surface area contributed by atoms with Crippen LogP contribution in [0.25, 0.3) is 0 Å². The molecule has 114 valence electrons. The van der Waals surface area contributed by atoms with Crippen molar-refractivity contribution in [2.45, 2.75) is 56.5 Å². The summed E-state index contributed by atoms with van der Waals surface area (Å²) in [4.78, 5) is 1.45. The van der Waals surface area contributed by atoms with E-state index in [-0.39, 0.29) is 6.04 Å². The summed E-state index contributed by atoms with van der Waals surface area (Å²) in [6, 6.07) is 1.87. The molecule has 1 aliphatic carbocycles. The number of rotatable bonds is 6. The minimum absolute atomic E-state index is 0.107. The largest absolute Gasteiger partial charge is 0.315 e. The van der Waals surface area contributed by atoms with Crippen molar-refractivity contribution in [1.29, 1.82) is 0 Å². The topological polar surface area (TPSA) is 58.2 Å². The van der Waals surface area contributed by atoms with Gasteiger partial charge in [0.25, 0.3) is 0 Å². The average Bonchev–Trinajstić information content (AvgIpc) is 2.89. The summed E-state index contributed by atoms with van der Waals surface area (Å²) < 4.78 is 27.6. The van der Waals surface area contributed by atoms with Gasteiger partial charge < -0.3 is 5.32 Å². The quantitative estimate of drug-likeness (QED) is 0.848. The van der Waals surface area contributed by atoms with Gasteiger partial charge in [-0.2, -0.15) is 0 Å². The molecule has 6 heteroatoms. The first kappa shape index (κ1) is 15.9. The Labute approximate surface area is 126 Å². The Bertz CT molecular complexity index is 517. The van der Waals surface area contributed by atoms with Crippen LogP contribution in [0.2, 0.25) is 0 Å². The molecule has 0 atom stereocenters. The summed E-state index contributed by atoms with van der Waals surface area (Å²) in [5.41, 5.74) is 0. The Morgan fingerprint density at radius 3 is 2.60 bits per heavy atom. The monoisotopic (exact) mass is 316 g/mol. The van der Waals surface area contributed by atoms with Crippen LogP contribution >= 0.6 is 11.3 Å². The smallest absolute Gasteiger partial charge is 0.241 e. The van der Waals surface area contributed by atoms with E-state index in [4.69, 9.17) is 0 Å². The number of thiophene rings is 1. The minimum Gasteiger partial charge on any atom is -0.315 e. The van der Waals surface area contributed by atoms with E-state index in [1.165, 1.54) is 17.8 Å². The summed E-state index contributed by atoms with van der Waals surface area (Å²) >= 11 is 1.49. The molecule has 1 fully saturated rings. The Kier molecular flexibility index (Phi) is 5.60. The highest BCUT2D eigenvalue weighted by Crippen LogP contribution is 2.28. The van der Waals surface area contributed by atoms with Crippen LogP contribution in [0.5, 0.6) is 0 Å². The third kappa shape index (κ3) is 4.04. The number of hydrogen-bond acceptors (Lipinski definition) is 4. The standard InChI is InChI=1S/C14H24N2O2S2/c1-3-11-4-6-12(7-5-11)16-20(17,18)14-8-13(9-15-2)19-10-14/h8,10-12,15-16H,3-7,9H2,1-2H3. The molecule has 1 aliphatic rings. The molecule has 0 bridgehead atoms. The van der Waals surface area contributed by atoms with E-state index in [1.807, 2.05) is 7.05 Å². The van der Waals surface area contributed by atoms with E-state index in [1.54, 1.807) is 11.4 Å². The molecule has 0 amide bonds. The first-order valence-corrected chi connectivity index (χ1v) is 9.65. The molecular weight excluding hydrogens is 292 g/mol. The van der Waals surface area contributed by atoms with Gasteiger partial charge >= 0.3 is 0 Å². The number of nitrogens with one attached hydrogen (secondary N) is 2. The number of sulfonamides is 1. The second-order valence-corrected chi connectivity index (χ2v) is 8.24. The van der Waals surface area contributed by atoms with Crippen molar-refractivity contribution in [3.8, 4) is 0 Å². The van der Waals surface area contributed by atoms with E-state index < -0.39 is 10.0 Å². The van der Waals surface area contributed by atoms with Crippen LogP contribution in [0.1, 0.15) is 43.9 Å². The van der Waals surface area contributed by atoms with Gasteiger partial charge in [0.1, 0.15) is 0 Å². The molecule has 0 spiro atoms. The summed E-state index contributed by atoms with van der Waals surface area (Å²) in [5, 5.41) is 4.77. The van der Waals surface area contributed by atoms with E-state index in [9.17, 15) is 8.42 Å². The zero-order chi connectivity index (χ0) is 14.6. The van der Waals surface area contributed by atoms with Gasteiger partial charge in [0, 0.05) is 22.8 Å². The molecule has 1 aromatic rings. The lowest BCUT2D eigenvalue weighted by Crippen LogP contribution is -2.37. The number of hydrogen-bond donors (Lipinski definition) is 2. The molecule has 1 saturated carbocycles. The zero-order valence-electron chi connectivity index (χ0n) is 12.2. The van der Waals surface area contributed by atoms with Crippen molar-refractivity contribution < 1.29 is 8.42 Å². The predicted molar refractivity (Wildman–Crippen MR) is 83.4 cm³/mol. The Morgan fingerprint density at radius 1 is 1.30 bits per heavy atom. The second-order valence-electron chi connectivity index (χ2n) is 5.53. The Hall–Kier alpha value is -0.430. The maximum Gasteiger partial charge on any atom is 0.241 e. The molecule has 2 N–H and O–H groups in total. The lowest BCUT2D eigenvalue weighted by molar-refractivity contribution is 0.306. The van der Waals surface area contributed by atoms with Gasteiger partial charge in [-0.15, -0.1) is 11.3 Å². The third-order valence-electron chi connectivity index (χ3n) is 4.04. The molecule has 0 unspecified atom stereocenters. The fourth-order valence-electron chi connectivity index (χ4n) is 2.74. The molecule has 0 aliphatic heterocycles. The van der Waals surface area contributed by atoms with E-state index >= 15 is 0 Å². The summed E-state index contributed by atoms with van der Waals surface area (Å²) in [7, 11) is -1.49. The maximum absolute atomic E-state index is 12.3. The van der Waals surface area contributed by atoms with Crippen molar-refractivity contribution in [2.24, 2.45) is 5.92 Å². The van der Waals surface area contributed by atoms with Crippen LogP contribution in [0.4, 0.5) is 0 Å². The Balaban J connectivity index is 1.96. The van der Waals surface area contributed by atoms with Crippen molar-refractivity contribution in [3.63, 3.8) is 0 Å². The summed E-state index contributed by atoms with van der Waals surface area (Å²) in [5.74, 6) is 0.777. The van der Waals surface area contributed by atoms with Crippen molar-refractivity contribution in [3.05, 3.63) is 16.3 Å². The van der Waals surface area contributed by atoms with Gasteiger partial charge in [-0.05, 0) is 44.7 Å². The molecule has 0 radical (unpaired) electrons. The zero-order valence-corrected chi connectivity index (χ0v) is 13.8. The Morgan fingerprint density at radius 2 is 2.00 bits per heavy atom. The summed E-state index contributed by atoms with van der Waals surface area (Å²) in [6.07, 6.45) is 5.41. The fraction of sp³-hybridized carbons (Fsp3) is 0.714. The van der Waals surface area contributed by atoms with Crippen molar-refractivity contribution in [2.75, 3.05) is 7.05 Å². The molecule has 2 rings (SSSR count). The van der Waals surface area contributed by atoms with Crippen LogP contribution in [0.3, 0.4) is 0 Å². The fourth-order valence-corrected chi connectivity index (χ4v) is 5.34. The molecular formula is C14H24N2O2S2. The molecule has 0 aromatic carbocycles. The van der Waals surface area contributed by atoms with Gasteiger partial charge in [0.15, 0.2) is 0 Å². The first-order valence-electron chi connectivity index (χ1n) is 7.29. The highest BCUT2D eigenvalue weighted by Gasteiger charge is 2.25. The molecule has 1 aromatic heterocycles. The lowest BCUT2D eigenvalue weighted by atomic mass is 9.85. The SMILES string of the molecule is CCC1CCC(NS(=O)(=O)c2csc(CNC)c2)CC1. The van der Waals surface area contributed by atoms with Gasteiger partial charge in [-0.25, -0.2) is 13.1 Å². The molecule has 20 heavy (non-hydrogen) atoms. The highest BCUT2D eigenvalue weighted by molar-refractivity contribution is 7.89. The molecule has 1 heterocycles.